The fraction of sp³-hybridized carbons (Fsp3) is 0.409. The van der Waals surface area contributed by atoms with Crippen molar-refractivity contribution in [2.45, 2.75) is 45.6 Å². The molecule has 30 heavy (non-hydrogen) atoms. The standard InChI is InChI=1S/C22H27N3O5/c1-3-16-20(21(27)29-4-2)18(25-22(28)24-16)13-30-19(26)11-7-8-14-12-23-17-10-6-5-9-15(14)17/h5-6,9-10,12,16,23H,3-4,7-8,11,13H2,1-2H3,(H2,24,25,28)/t16-/m0/s1. The first-order valence-corrected chi connectivity index (χ1v) is 10.2. The van der Waals surface area contributed by atoms with E-state index in [0.717, 1.165) is 22.9 Å². The van der Waals surface area contributed by atoms with E-state index in [9.17, 15) is 14.4 Å². The van der Waals surface area contributed by atoms with E-state index >= 15 is 0 Å². The number of hydrogen-bond donors (Lipinski definition) is 3. The highest BCUT2D eigenvalue weighted by Gasteiger charge is 2.31. The molecule has 8 nitrogen and oxygen atoms in total. The molecule has 2 aromatic rings. The number of aromatic amines is 1. The molecule has 8 heteroatoms. The number of amides is 2. The lowest BCUT2D eigenvalue weighted by atomic mass is 10.0. The van der Waals surface area contributed by atoms with Gasteiger partial charge in [-0.15, -0.1) is 0 Å². The van der Waals surface area contributed by atoms with Crippen LogP contribution in [-0.2, 0) is 25.5 Å². The fourth-order valence-electron chi connectivity index (χ4n) is 3.56. The van der Waals surface area contributed by atoms with Gasteiger partial charge in [-0.1, -0.05) is 25.1 Å². The van der Waals surface area contributed by atoms with Gasteiger partial charge < -0.3 is 25.1 Å². The van der Waals surface area contributed by atoms with Gasteiger partial charge in [-0.2, -0.15) is 0 Å². The molecule has 2 amide bonds. The molecule has 3 rings (SSSR count). The molecule has 1 aliphatic rings. The highest BCUT2D eigenvalue weighted by molar-refractivity contribution is 5.95. The number of aryl methyl sites for hydroxylation is 1. The zero-order valence-corrected chi connectivity index (χ0v) is 17.2. The van der Waals surface area contributed by atoms with E-state index < -0.39 is 18.0 Å². The summed E-state index contributed by atoms with van der Waals surface area (Å²) in [4.78, 5) is 39.6. The summed E-state index contributed by atoms with van der Waals surface area (Å²) in [5, 5.41) is 6.41. The van der Waals surface area contributed by atoms with Crippen molar-refractivity contribution in [1.82, 2.24) is 15.6 Å². The van der Waals surface area contributed by atoms with Crippen LogP contribution in [0, 0.1) is 0 Å². The van der Waals surface area contributed by atoms with Gasteiger partial charge in [-0.25, -0.2) is 9.59 Å². The third-order valence-electron chi connectivity index (χ3n) is 5.03. The number of H-pyrrole nitrogens is 1. The number of fused-ring (bicyclic) bond motifs is 1. The third-order valence-corrected chi connectivity index (χ3v) is 5.03. The van der Waals surface area contributed by atoms with Crippen LogP contribution < -0.4 is 10.6 Å². The lowest BCUT2D eigenvalue weighted by molar-refractivity contribution is -0.143. The van der Waals surface area contributed by atoms with Gasteiger partial charge in [-0.3, -0.25) is 4.79 Å². The Kier molecular flexibility index (Phi) is 7.11. The van der Waals surface area contributed by atoms with Crippen molar-refractivity contribution < 1.29 is 23.9 Å². The lowest BCUT2D eigenvalue weighted by Crippen LogP contribution is -2.51. The predicted octanol–water partition coefficient (Wildman–Crippen LogP) is 2.94. The Morgan fingerprint density at radius 2 is 1.93 bits per heavy atom. The van der Waals surface area contributed by atoms with Crippen LogP contribution in [0.4, 0.5) is 4.79 Å². The molecular formula is C22H27N3O5. The first-order valence-electron chi connectivity index (χ1n) is 10.2. The van der Waals surface area contributed by atoms with Gasteiger partial charge in [0.05, 0.1) is 23.9 Å². The summed E-state index contributed by atoms with van der Waals surface area (Å²) in [5.41, 5.74) is 2.79. The molecule has 0 saturated heterocycles. The van der Waals surface area contributed by atoms with E-state index in [1.165, 1.54) is 0 Å². The topological polar surface area (TPSA) is 110 Å². The fourth-order valence-corrected chi connectivity index (χ4v) is 3.56. The molecule has 0 aliphatic carbocycles. The number of carbonyl (C=O) groups excluding carboxylic acids is 3. The molecule has 160 valence electrons. The van der Waals surface area contributed by atoms with Gasteiger partial charge in [-0.05, 0) is 37.8 Å². The summed E-state index contributed by atoms with van der Waals surface area (Å²) in [5.74, 6) is -0.909. The maximum Gasteiger partial charge on any atom is 0.338 e. The molecule has 1 aliphatic heterocycles. The Balaban J connectivity index is 1.57. The van der Waals surface area contributed by atoms with E-state index in [-0.39, 0.29) is 31.3 Å². The molecule has 0 saturated carbocycles. The zero-order valence-electron chi connectivity index (χ0n) is 17.2. The SMILES string of the molecule is CCOC(=O)C1=C(COC(=O)CCCc2c[nH]c3ccccc23)NC(=O)N[C@H]1CC. The smallest absolute Gasteiger partial charge is 0.338 e. The summed E-state index contributed by atoms with van der Waals surface area (Å²) < 4.78 is 10.4. The summed E-state index contributed by atoms with van der Waals surface area (Å²) in [6, 6.07) is 7.11. The summed E-state index contributed by atoms with van der Waals surface area (Å²) in [6.07, 6.45) is 4.10. The maximum absolute atomic E-state index is 12.3. The van der Waals surface area contributed by atoms with Crippen LogP contribution in [0.2, 0.25) is 0 Å². The van der Waals surface area contributed by atoms with Crippen molar-refractivity contribution >= 4 is 28.9 Å². The summed E-state index contributed by atoms with van der Waals surface area (Å²) in [6.45, 7) is 3.60. The van der Waals surface area contributed by atoms with Crippen LogP contribution in [0.3, 0.4) is 0 Å². The van der Waals surface area contributed by atoms with Gasteiger partial charge >= 0.3 is 18.0 Å². The Labute approximate surface area is 175 Å². The number of hydrogen-bond acceptors (Lipinski definition) is 5. The first-order chi connectivity index (χ1) is 14.5. The summed E-state index contributed by atoms with van der Waals surface area (Å²) >= 11 is 0. The van der Waals surface area contributed by atoms with Gasteiger partial charge in [0.1, 0.15) is 6.61 Å². The second-order valence-electron chi connectivity index (χ2n) is 7.05. The van der Waals surface area contributed by atoms with Crippen LogP contribution in [-0.4, -0.2) is 42.2 Å². The Hall–Kier alpha value is -3.29. The molecule has 0 bridgehead atoms. The highest BCUT2D eigenvalue weighted by Crippen LogP contribution is 2.20. The molecule has 1 aromatic heterocycles. The number of nitrogens with one attached hydrogen (secondary N) is 3. The van der Waals surface area contributed by atoms with Crippen molar-refractivity contribution in [1.29, 1.82) is 0 Å². The number of urea groups is 1. The monoisotopic (exact) mass is 413 g/mol. The number of ether oxygens (including phenoxy) is 2. The second-order valence-corrected chi connectivity index (χ2v) is 7.05. The third kappa shape index (κ3) is 5.00. The minimum atomic E-state index is -0.526. The largest absolute Gasteiger partial charge is 0.463 e. The molecule has 0 unspecified atom stereocenters. The lowest BCUT2D eigenvalue weighted by Gasteiger charge is -2.28. The zero-order chi connectivity index (χ0) is 21.5. The molecule has 1 aromatic carbocycles. The predicted molar refractivity (Wildman–Crippen MR) is 112 cm³/mol. The van der Waals surface area contributed by atoms with E-state index in [0.29, 0.717) is 18.4 Å². The second kappa shape index (κ2) is 9.96. The Morgan fingerprint density at radius 3 is 2.70 bits per heavy atom. The molecule has 0 radical (unpaired) electrons. The number of aromatic nitrogens is 1. The minimum Gasteiger partial charge on any atom is -0.463 e. The van der Waals surface area contributed by atoms with Crippen LogP contribution in [0.25, 0.3) is 10.9 Å². The Bertz CT molecular complexity index is 963. The van der Waals surface area contributed by atoms with E-state index in [2.05, 4.69) is 15.6 Å². The van der Waals surface area contributed by atoms with Crippen molar-refractivity contribution in [2.75, 3.05) is 13.2 Å². The maximum atomic E-state index is 12.3. The van der Waals surface area contributed by atoms with Crippen molar-refractivity contribution in [3.05, 3.63) is 47.3 Å². The van der Waals surface area contributed by atoms with Gasteiger partial charge in [0.2, 0.25) is 0 Å². The average Bonchev–Trinajstić information content (AvgIpc) is 3.15. The van der Waals surface area contributed by atoms with Gasteiger partial charge in [0.15, 0.2) is 0 Å². The summed E-state index contributed by atoms with van der Waals surface area (Å²) in [7, 11) is 0. The number of para-hydroxylation sites is 1. The Morgan fingerprint density at radius 1 is 1.13 bits per heavy atom. The molecule has 1 atom stereocenters. The van der Waals surface area contributed by atoms with Crippen molar-refractivity contribution in [3.8, 4) is 0 Å². The van der Waals surface area contributed by atoms with Crippen LogP contribution in [0.1, 0.15) is 38.7 Å². The normalized spacial score (nSPS) is 16.2. The molecule has 0 fully saturated rings. The van der Waals surface area contributed by atoms with Crippen molar-refractivity contribution in [3.63, 3.8) is 0 Å². The number of carbonyl (C=O) groups is 3. The molecule has 0 spiro atoms. The van der Waals surface area contributed by atoms with Crippen LogP contribution >= 0.6 is 0 Å². The molecule has 2 heterocycles. The minimum absolute atomic E-state index is 0.177. The van der Waals surface area contributed by atoms with E-state index in [1.54, 1.807) is 6.92 Å². The number of rotatable bonds is 9. The van der Waals surface area contributed by atoms with E-state index in [1.807, 2.05) is 37.4 Å². The molecule has 3 N–H and O–H groups in total. The highest BCUT2D eigenvalue weighted by atomic mass is 16.5. The van der Waals surface area contributed by atoms with Crippen LogP contribution in [0.5, 0.6) is 0 Å². The quantitative estimate of drug-likeness (QED) is 0.548. The average molecular weight is 413 g/mol. The van der Waals surface area contributed by atoms with Crippen molar-refractivity contribution in [2.24, 2.45) is 0 Å². The van der Waals surface area contributed by atoms with Gasteiger partial charge in [0.25, 0.3) is 0 Å². The first kappa shape index (κ1) is 21.4. The van der Waals surface area contributed by atoms with Crippen LogP contribution in [0.15, 0.2) is 41.7 Å². The number of esters is 2. The van der Waals surface area contributed by atoms with E-state index in [4.69, 9.17) is 9.47 Å². The molecular weight excluding hydrogens is 386 g/mol. The number of benzene rings is 1. The van der Waals surface area contributed by atoms with Gasteiger partial charge in [0, 0.05) is 23.5 Å².